The zero-order valence-electron chi connectivity index (χ0n) is 29.7. The maximum Gasteiger partial charge on any atom is 0.229 e. The zero-order valence-corrected chi connectivity index (χ0v) is 29.7. The summed E-state index contributed by atoms with van der Waals surface area (Å²) in [6, 6.07) is 17.5. The highest BCUT2D eigenvalue weighted by Gasteiger charge is 2.47. The predicted octanol–water partition coefficient (Wildman–Crippen LogP) is 4.23. The summed E-state index contributed by atoms with van der Waals surface area (Å²) in [6.45, 7) is 11.0. The van der Waals surface area contributed by atoms with Crippen LogP contribution in [-0.2, 0) is 30.0 Å². The third-order valence-corrected chi connectivity index (χ3v) is 10.4. The first kappa shape index (κ1) is 35.8. The molecule has 49 heavy (non-hydrogen) atoms. The van der Waals surface area contributed by atoms with Gasteiger partial charge in [-0.1, -0.05) is 68.5 Å². The number of para-hydroxylation sites is 2. The quantitative estimate of drug-likeness (QED) is 0.159. The second kappa shape index (κ2) is 15.4. The zero-order chi connectivity index (χ0) is 35.2. The van der Waals surface area contributed by atoms with Crippen molar-refractivity contribution in [2.75, 3.05) is 38.1 Å². The summed E-state index contributed by atoms with van der Waals surface area (Å²) in [5.74, 6) is -0.621. The van der Waals surface area contributed by atoms with Gasteiger partial charge in [0, 0.05) is 81.1 Å². The van der Waals surface area contributed by atoms with Crippen molar-refractivity contribution in [2.24, 2.45) is 0 Å². The van der Waals surface area contributed by atoms with Gasteiger partial charge < -0.3 is 15.5 Å². The Balaban J connectivity index is 1.09. The van der Waals surface area contributed by atoms with Gasteiger partial charge in [-0.05, 0) is 50.1 Å². The Hall–Kier alpha value is -4.50. The summed E-state index contributed by atoms with van der Waals surface area (Å²) in [5.41, 5.74) is 6.41. The lowest BCUT2D eigenvalue weighted by molar-refractivity contribution is -0.850. The largest absolute Gasteiger partial charge is 0.356 e. The fraction of sp³-hybridized carbons (Fsp3) is 0.450. The Morgan fingerprint density at radius 1 is 0.837 bits per heavy atom. The van der Waals surface area contributed by atoms with E-state index in [1.807, 2.05) is 0 Å². The number of rotatable bonds is 14. The molecular weight excluding hydrogens is 614 g/mol. The van der Waals surface area contributed by atoms with Gasteiger partial charge in [0.2, 0.25) is 23.6 Å². The van der Waals surface area contributed by atoms with Gasteiger partial charge in [-0.3, -0.25) is 29.0 Å². The van der Waals surface area contributed by atoms with Gasteiger partial charge in [-0.25, -0.2) is 0 Å². The van der Waals surface area contributed by atoms with Crippen LogP contribution in [-0.4, -0.2) is 67.8 Å². The molecule has 9 nitrogen and oxygen atoms in total. The molecule has 2 aromatic rings. The normalized spacial score (nSPS) is 21.6. The first-order chi connectivity index (χ1) is 23.4. The highest BCUT2D eigenvalue weighted by atomic mass is 16.2. The van der Waals surface area contributed by atoms with Gasteiger partial charge in [0.1, 0.15) is 11.7 Å². The highest BCUT2D eigenvalue weighted by molar-refractivity contribution is 6.02. The lowest BCUT2D eigenvalue weighted by atomic mass is 9.80. The monoisotopic (exact) mass is 666 g/mol. The van der Waals surface area contributed by atoms with E-state index in [2.05, 4.69) is 129 Å². The molecule has 3 aliphatic rings. The minimum Gasteiger partial charge on any atom is -0.356 e. The van der Waals surface area contributed by atoms with E-state index < -0.39 is 0 Å². The van der Waals surface area contributed by atoms with Crippen molar-refractivity contribution >= 4 is 35.0 Å². The third kappa shape index (κ3) is 7.88. The molecule has 1 saturated heterocycles. The average molecular weight is 667 g/mol. The van der Waals surface area contributed by atoms with Crippen molar-refractivity contribution < 1.29 is 24.1 Å². The van der Waals surface area contributed by atoms with Crippen LogP contribution in [0.25, 0.3) is 0 Å². The number of likely N-dealkylation sites (N-methyl/N-ethyl adjacent to an activating group) is 1. The first-order valence-corrected chi connectivity index (χ1v) is 17.6. The van der Waals surface area contributed by atoms with Gasteiger partial charge in [-0.15, -0.1) is 0 Å². The van der Waals surface area contributed by atoms with Gasteiger partial charge in [0.25, 0.3) is 0 Å². The Kier molecular flexibility index (Phi) is 11.2. The van der Waals surface area contributed by atoms with Crippen molar-refractivity contribution in [1.82, 2.24) is 15.5 Å². The molecule has 260 valence electrons. The van der Waals surface area contributed by atoms with Crippen LogP contribution in [0, 0.1) is 0 Å². The summed E-state index contributed by atoms with van der Waals surface area (Å²) in [4.78, 5) is 53.0. The number of hydrogen-bond donors (Lipinski definition) is 3. The van der Waals surface area contributed by atoms with Crippen molar-refractivity contribution in [3.8, 4) is 0 Å². The number of allylic oxidation sites excluding steroid dienone is 5. The Morgan fingerprint density at radius 3 is 2.16 bits per heavy atom. The summed E-state index contributed by atoms with van der Waals surface area (Å²) in [5, 5.41) is 5.77. The number of carbonyl (C=O) groups excluding carboxylic acids is 4. The fourth-order valence-electron chi connectivity index (χ4n) is 7.68. The van der Waals surface area contributed by atoms with E-state index in [-0.39, 0.29) is 66.3 Å². The van der Waals surface area contributed by atoms with E-state index in [1.165, 1.54) is 33.1 Å². The molecule has 2 unspecified atom stereocenters. The molecule has 4 amide bonds. The number of nitrogens with zero attached hydrogens (tertiary/aromatic N) is 2. The third-order valence-electron chi connectivity index (χ3n) is 10.4. The van der Waals surface area contributed by atoms with Crippen LogP contribution in [0.3, 0.4) is 0 Å². The number of anilines is 1. The van der Waals surface area contributed by atoms with Crippen LogP contribution in [0.2, 0.25) is 0 Å². The molecule has 0 aromatic heterocycles. The molecule has 1 fully saturated rings. The molecule has 3 heterocycles. The van der Waals surface area contributed by atoms with E-state index in [0.717, 1.165) is 17.9 Å². The molecule has 0 saturated carbocycles. The van der Waals surface area contributed by atoms with Gasteiger partial charge in [-0.2, -0.15) is 0 Å². The molecule has 0 spiro atoms. The smallest absolute Gasteiger partial charge is 0.229 e. The molecule has 3 aliphatic heterocycles. The predicted molar refractivity (Wildman–Crippen MR) is 193 cm³/mol. The van der Waals surface area contributed by atoms with Crippen molar-refractivity contribution in [3.63, 3.8) is 0 Å². The minimum absolute atomic E-state index is 0.00791. The minimum atomic E-state index is -0.212. The summed E-state index contributed by atoms with van der Waals surface area (Å²) in [6.07, 6.45) is 13.3. The second-order valence-corrected chi connectivity index (χ2v) is 14.4. The summed E-state index contributed by atoms with van der Waals surface area (Å²) in [7, 11) is 2.14. The van der Waals surface area contributed by atoms with Crippen LogP contribution in [0.1, 0.15) is 77.3 Å². The second-order valence-electron chi connectivity index (χ2n) is 14.4. The molecule has 3 N–H and O–H groups in total. The van der Waals surface area contributed by atoms with E-state index in [4.69, 9.17) is 0 Å². The average Bonchev–Trinajstić information content (AvgIpc) is 3.58. The maximum atomic E-state index is 12.7. The lowest BCUT2D eigenvalue weighted by Gasteiger charge is -2.27. The van der Waals surface area contributed by atoms with E-state index in [1.54, 1.807) is 0 Å². The van der Waals surface area contributed by atoms with Crippen LogP contribution in [0.15, 0.2) is 84.6 Å². The van der Waals surface area contributed by atoms with Crippen LogP contribution < -0.4 is 20.4 Å². The number of hydrogen-bond acceptors (Lipinski definition) is 5. The number of nitrogens with one attached hydrogen (secondary N) is 3. The molecule has 2 atom stereocenters. The van der Waals surface area contributed by atoms with Gasteiger partial charge >= 0.3 is 0 Å². The van der Waals surface area contributed by atoms with Crippen molar-refractivity contribution in [1.29, 1.82) is 0 Å². The number of likely N-dealkylation sites (tertiary alicyclic amines) is 1. The highest BCUT2D eigenvalue weighted by Crippen LogP contribution is 2.46. The number of quaternary nitrogens is 1. The topological polar surface area (TPSA) is 103 Å². The van der Waals surface area contributed by atoms with E-state index >= 15 is 0 Å². The number of benzene rings is 2. The van der Waals surface area contributed by atoms with Crippen molar-refractivity contribution in [2.45, 2.75) is 83.1 Å². The molecule has 0 bridgehead atoms. The first-order valence-electron chi connectivity index (χ1n) is 17.6. The maximum absolute atomic E-state index is 12.7. The standard InChI is InChI=1S/C40H51N5O4/c1-39(2)29-15-9-11-17-31(29)43(5)33(39)19-7-6-8-20-34-40(3,4)30-16-10-12-18-32(30)44(34)27-13-21-35(46)41-25-14-26-42-36(47)24-28-45-37(48)22-23-38(45)49/h6-12,15-20,34H,13-14,21-28H2,1-5H3,(H,41,46)(H,42,47)/p+1/b7-6+,20-8+,33-19+. The van der Waals surface area contributed by atoms with Crippen LogP contribution in [0.4, 0.5) is 11.4 Å². The molecule has 0 aliphatic carbocycles. The molecular formula is C40H52N5O4+. The summed E-state index contributed by atoms with van der Waals surface area (Å²) >= 11 is 0. The Bertz CT molecular complexity index is 1640. The number of carbonyl (C=O) groups is 4. The number of amides is 4. The Morgan fingerprint density at radius 2 is 1.47 bits per heavy atom. The molecule has 0 radical (unpaired) electrons. The molecule has 9 heteroatoms. The van der Waals surface area contributed by atoms with Crippen LogP contribution in [0.5, 0.6) is 0 Å². The molecule has 2 aromatic carbocycles. The number of fused-ring (bicyclic) bond motifs is 2. The van der Waals surface area contributed by atoms with Crippen molar-refractivity contribution in [3.05, 3.63) is 95.7 Å². The van der Waals surface area contributed by atoms with Gasteiger partial charge in [0.05, 0.1) is 12.0 Å². The van der Waals surface area contributed by atoms with E-state index in [9.17, 15) is 19.2 Å². The lowest BCUT2D eigenvalue weighted by Crippen LogP contribution is -3.10. The van der Waals surface area contributed by atoms with Gasteiger partial charge in [0.15, 0.2) is 0 Å². The molecule has 5 rings (SSSR count). The fourth-order valence-corrected chi connectivity index (χ4v) is 7.68. The van der Waals surface area contributed by atoms with Crippen LogP contribution >= 0.6 is 0 Å². The summed E-state index contributed by atoms with van der Waals surface area (Å²) < 4.78 is 0. The number of imide groups is 1. The SMILES string of the molecule is CN1/C(=C/C=C/C=C/C2[NH+](CCCC(=O)NCCCNC(=O)CCN3C(=O)CCC3=O)c3ccccc3C2(C)C)C(C)(C)c2ccccc21. The van der Waals surface area contributed by atoms with E-state index in [0.29, 0.717) is 25.9 Å². The Labute approximate surface area is 291 Å².